The molecule has 352 valence electrons. The summed E-state index contributed by atoms with van der Waals surface area (Å²) in [5.41, 5.74) is 0. The molecule has 0 fully saturated rings. The highest BCUT2D eigenvalue weighted by Gasteiger charge is 2.26. The Kier molecular flexibility index (Phi) is 49.0. The molecule has 0 bridgehead atoms. The molecule has 0 saturated heterocycles. The van der Waals surface area contributed by atoms with Gasteiger partial charge >= 0.3 is 0 Å². The SMILES string of the molecule is CCCCCCCCCCCCC/C=C\CCCCCCCCCC(=O)NC(CO)C(O)C(O)CCCCCCCCCCCCCCCCCCCCCCCCC. The first-order chi connectivity index (χ1) is 29.1. The molecule has 0 aliphatic carbocycles. The molecule has 0 radical (unpaired) electrons. The number of aliphatic hydroxyl groups excluding tert-OH is 3. The first kappa shape index (κ1) is 58.1. The van der Waals surface area contributed by atoms with Gasteiger partial charge in [-0.05, 0) is 38.5 Å². The molecule has 0 spiro atoms. The van der Waals surface area contributed by atoms with Gasteiger partial charge in [0.25, 0.3) is 0 Å². The number of rotatable bonds is 50. The molecule has 0 aromatic heterocycles. The second-order valence-corrected chi connectivity index (χ2v) is 18.8. The molecular formula is C54H107NO4. The zero-order valence-corrected chi connectivity index (χ0v) is 40.2. The zero-order chi connectivity index (χ0) is 43.0. The monoisotopic (exact) mass is 834 g/mol. The van der Waals surface area contributed by atoms with Crippen LogP contribution in [0.3, 0.4) is 0 Å². The van der Waals surface area contributed by atoms with Crippen LogP contribution in [0.15, 0.2) is 12.2 Å². The molecule has 3 unspecified atom stereocenters. The van der Waals surface area contributed by atoms with E-state index in [2.05, 4.69) is 31.3 Å². The van der Waals surface area contributed by atoms with Crippen LogP contribution in [-0.4, -0.2) is 46.1 Å². The molecule has 5 nitrogen and oxygen atoms in total. The van der Waals surface area contributed by atoms with Crippen LogP contribution in [0, 0.1) is 0 Å². The molecule has 0 rings (SSSR count). The van der Waals surface area contributed by atoms with Gasteiger partial charge in [0.05, 0.1) is 18.8 Å². The summed E-state index contributed by atoms with van der Waals surface area (Å²) in [4.78, 5) is 12.5. The lowest BCUT2D eigenvalue weighted by Crippen LogP contribution is -2.50. The van der Waals surface area contributed by atoms with Gasteiger partial charge < -0.3 is 20.6 Å². The largest absolute Gasteiger partial charge is 0.394 e. The number of unbranched alkanes of at least 4 members (excludes halogenated alkanes) is 40. The van der Waals surface area contributed by atoms with Crippen molar-refractivity contribution in [1.82, 2.24) is 5.32 Å². The van der Waals surface area contributed by atoms with E-state index in [1.807, 2.05) is 0 Å². The summed E-state index contributed by atoms with van der Waals surface area (Å²) in [6.45, 7) is 4.22. The summed E-state index contributed by atoms with van der Waals surface area (Å²) in [6, 6.07) is -0.809. The Morgan fingerprint density at radius 2 is 0.678 bits per heavy atom. The molecule has 1 amide bonds. The lowest BCUT2D eigenvalue weighted by Gasteiger charge is -2.26. The number of nitrogens with one attached hydrogen (secondary N) is 1. The fraction of sp³-hybridized carbons (Fsp3) is 0.944. The van der Waals surface area contributed by atoms with Crippen molar-refractivity contribution in [2.75, 3.05) is 6.61 Å². The van der Waals surface area contributed by atoms with Crippen molar-refractivity contribution < 1.29 is 20.1 Å². The zero-order valence-electron chi connectivity index (χ0n) is 40.2. The van der Waals surface area contributed by atoms with E-state index in [-0.39, 0.29) is 12.5 Å². The van der Waals surface area contributed by atoms with Gasteiger partial charge in [-0.2, -0.15) is 0 Å². The maximum atomic E-state index is 12.5. The van der Waals surface area contributed by atoms with E-state index in [9.17, 15) is 20.1 Å². The Hall–Kier alpha value is -0.910. The van der Waals surface area contributed by atoms with E-state index in [0.29, 0.717) is 12.8 Å². The first-order valence-electron chi connectivity index (χ1n) is 27.0. The summed E-state index contributed by atoms with van der Waals surface area (Å²) in [5.74, 6) is -0.144. The molecule has 0 aromatic carbocycles. The standard InChI is InChI=1S/C54H107NO4/c1-3-5-7-9-11-13-15-17-19-21-23-25-27-28-30-32-34-36-38-40-42-44-46-48-52(57)54(59)51(50-56)55-53(58)49-47-45-43-41-39-37-35-33-31-29-26-24-22-20-18-16-14-12-10-8-6-4-2/h29,31,51-52,54,56-57,59H,3-28,30,32-50H2,1-2H3,(H,55,58)/b31-29-. The summed E-state index contributed by atoms with van der Waals surface area (Å²) >= 11 is 0. The highest BCUT2D eigenvalue weighted by atomic mass is 16.3. The highest BCUT2D eigenvalue weighted by Crippen LogP contribution is 2.18. The number of amides is 1. The van der Waals surface area contributed by atoms with Crippen molar-refractivity contribution in [2.45, 2.75) is 321 Å². The second-order valence-electron chi connectivity index (χ2n) is 18.8. The molecule has 0 heterocycles. The number of carbonyl (C=O) groups is 1. The van der Waals surface area contributed by atoms with E-state index in [1.54, 1.807) is 0 Å². The molecule has 3 atom stereocenters. The van der Waals surface area contributed by atoms with Gasteiger partial charge in [-0.1, -0.05) is 270 Å². The van der Waals surface area contributed by atoms with Gasteiger partial charge in [-0.15, -0.1) is 0 Å². The van der Waals surface area contributed by atoms with Crippen LogP contribution >= 0.6 is 0 Å². The molecule has 5 heteroatoms. The first-order valence-corrected chi connectivity index (χ1v) is 27.0. The van der Waals surface area contributed by atoms with Crippen LogP contribution in [0.2, 0.25) is 0 Å². The van der Waals surface area contributed by atoms with Crippen molar-refractivity contribution in [1.29, 1.82) is 0 Å². The van der Waals surface area contributed by atoms with E-state index in [0.717, 1.165) is 32.1 Å². The Bertz CT molecular complexity index is 833. The van der Waals surface area contributed by atoms with Crippen LogP contribution in [0.4, 0.5) is 0 Å². The summed E-state index contributed by atoms with van der Waals surface area (Å²) in [7, 11) is 0. The average Bonchev–Trinajstić information content (AvgIpc) is 3.24. The number of aliphatic hydroxyl groups is 3. The third kappa shape index (κ3) is 44.9. The minimum Gasteiger partial charge on any atom is -0.394 e. The molecule has 0 aliphatic heterocycles. The van der Waals surface area contributed by atoms with E-state index in [1.165, 1.54) is 244 Å². The molecule has 0 saturated carbocycles. The third-order valence-corrected chi connectivity index (χ3v) is 12.9. The van der Waals surface area contributed by atoms with Crippen molar-refractivity contribution in [3.8, 4) is 0 Å². The van der Waals surface area contributed by atoms with Gasteiger partial charge in [-0.3, -0.25) is 4.79 Å². The fourth-order valence-corrected chi connectivity index (χ4v) is 8.69. The Balaban J connectivity index is 3.54. The number of carbonyl (C=O) groups excluding carboxylic acids is 1. The number of hydrogen-bond donors (Lipinski definition) is 4. The van der Waals surface area contributed by atoms with Crippen LogP contribution < -0.4 is 5.32 Å². The maximum Gasteiger partial charge on any atom is 0.220 e. The minimum atomic E-state index is -1.14. The average molecular weight is 834 g/mol. The predicted octanol–water partition coefficient (Wildman–Crippen LogP) is 16.3. The summed E-state index contributed by atoms with van der Waals surface area (Å²) in [5, 5.41) is 33.8. The van der Waals surface area contributed by atoms with Gasteiger partial charge in [0.2, 0.25) is 5.91 Å². The molecule has 0 aromatic rings. The summed E-state index contributed by atoms with van der Waals surface area (Å²) < 4.78 is 0. The topological polar surface area (TPSA) is 89.8 Å². The highest BCUT2D eigenvalue weighted by molar-refractivity contribution is 5.76. The minimum absolute atomic E-state index is 0.144. The number of allylic oxidation sites excluding steroid dienone is 2. The van der Waals surface area contributed by atoms with Crippen LogP contribution in [-0.2, 0) is 4.79 Å². The van der Waals surface area contributed by atoms with Crippen LogP contribution in [0.5, 0.6) is 0 Å². The smallest absolute Gasteiger partial charge is 0.220 e. The quantitative estimate of drug-likeness (QED) is 0.0363. The van der Waals surface area contributed by atoms with Crippen LogP contribution in [0.25, 0.3) is 0 Å². The van der Waals surface area contributed by atoms with Gasteiger partial charge in [0, 0.05) is 6.42 Å². The summed E-state index contributed by atoms with van der Waals surface area (Å²) in [6.07, 6.45) is 60.6. The van der Waals surface area contributed by atoms with Gasteiger partial charge in [0.15, 0.2) is 0 Å². The molecule has 4 N–H and O–H groups in total. The van der Waals surface area contributed by atoms with Gasteiger partial charge in [-0.25, -0.2) is 0 Å². The lowest BCUT2D eigenvalue weighted by molar-refractivity contribution is -0.124. The Labute approximate surface area is 369 Å². The van der Waals surface area contributed by atoms with Crippen molar-refractivity contribution >= 4 is 5.91 Å². The maximum absolute atomic E-state index is 12.5. The second kappa shape index (κ2) is 49.7. The van der Waals surface area contributed by atoms with Crippen molar-refractivity contribution in [2.24, 2.45) is 0 Å². The van der Waals surface area contributed by atoms with E-state index >= 15 is 0 Å². The normalized spacial score (nSPS) is 13.4. The number of hydrogen-bond acceptors (Lipinski definition) is 4. The predicted molar refractivity (Wildman–Crippen MR) is 259 cm³/mol. The third-order valence-electron chi connectivity index (χ3n) is 12.9. The van der Waals surface area contributed by atoms with Gasteiger partial charge in [0.1, 0.15) is 6.10 Å². The Morgan fingerprint density at radius 1 is 0.407 bits per heavy atom. The Morgan fingerprint density at radius 3 is 0.983 bits per heavy atom. The van der Waals surface area contributed by atoms with Crippen molar-refractivity contribution in [3.63, 3.8) is 0 Å². The molecule has 59 heavy (non-hydrogen) atoms. The lowest BCUT2D eigenvalue weighted by atomic mass is 9.99. The fourth-order valence-electron chi connectivity index (χ4n) is 8.69. The molecule has 0 aliphatic rings. The molecular weight excluding hydrogens is 727 g/mol. The van der Waals surface area contributed by atoms with Crippen LogP contribution in [0.1, 0.15) is 303 Å². The van der Waals surface area contributed by atoms with E-state index < -0.39 is 18.2 Å². The van der Waals surface area contributed by atoms with E-state index in [4.69, 9.17) is 0 Å². The van der Waals surface area contributed by atoms with Crippen molar-refractivity contribution in [3.05, 3.63) is 12.2 Å².